The van der Waals surface area contributed by atoms with Crippen LogP contribution in [0.5, 0.6) is 0 Å². The molecule has 17 heavy (non-hydrogen) atoms. The number of aromatic nitrogens is 2. The first-order valence-electron chi connectivity index (χ1n) is 5.45. The van der Waals surface area contributed by atoms with Gasteiger partial charge in [-0.15, -0.1) is 0 Å². The number of esters is 1. The summed E-state index contributed by atoms with van der Waals surface area (Å²) in [5.74, 6) is -0.310. The molecule has 1 aliphatic carbocycles. The summed E-state index contributed by atoms with van der Waals surface area (Å²) in [6.07, 6.45) is 3.95. The molecule has 1 saturated carbocycles. The van der Waals surface area contributed by atoms with E-state index < -0.39 is 0 Å². The minimum atomic E-state index is -0.362. The molecule has 5 nitrogen and oxygen atoms in total. The van der Waals surface area contributed by atoms with Gasteiger partial charge in [0.1, 0.15) is 5.25 Å². The minimum absolute atomic E-state index is 0.276. The van der Waals surface area contributed by atoms with E-state index in [2.05, 4.69) is 9.72 Å². The fourth-order valence-corrected chi connectivity index (χ4v) is 2.47. The summed E-state index contributed by atoms with van der Waals surface area (Å²) in [6, 6.07) is 1.88. The molecule has 0 radical (unpaired) electrons. The van der Waals surface area contributed by atoms with E-state index in [1.807, 2.05) is 4.57 Å². The van der Waals surface area contributed by atoms with Crippen LogP contribution in [0.4, 0.5) is 0 Å². The van der Waals surface area contributed by atoms with Gasteiger partial charge in [-0.05, 0) is 19.8 Å². The van der Waals surface area contributed by atoms with Crippen LogP contribution >= 0.6 is 11.8 Å². The summed E-state index contributed by atoms with van der Waals surface area (Å²) in [5.41, 5.74) is -0.276. The molecule has 0 unspecified atom stereocenters. The van der Waals surface area contributed by atoms with Crippen molar-refractivity contribution in [3.05, 3.63) is 22.6 Å². The lowest BCUT2D eigenvalue weighted by Gasteiger charge is -2.13. The van der Waals surface area contributed by atoms with Gasteiger partial charge in [-0.2, -0.15) is 4.98 Å². The Morgan fingerprint density at radius 2 is 2.35 bits per heavy atom. The van der Waals surface area contributed by atoms with Crippen molar-refractivity contribution in [1.29, 1.82) is 0 Å². The van der Waals surface area contributed by atoms with E-state index in [0.29, 0.717) is 11.2 Å². The number of carbonyl (C=O) groups excluding carboxylic acids is 1. The second-order valence-electron chi connectivity index (χ2n) is 3.97. The molecule has 1 atom stereocenters. The smallest absolute Gasteiger partial charge is 0.318 e. The standard InChI is InChI=1S/C11H14N2O3S/c1-7(10(15)16-2)17-11-12-9(14)5-6-13(11)8-3-4-8/h5-8H,3-4H2,1-2H3/t7-/m1/s1. The lowest BCUT2D eigenvalue weighted by molar-refractivity contribution is -0.139. The molecule has 0 spiro atoms. The molecule has 0 aromatic carbocycles. The average Bonchev–Trinajstić information content (AvgIpc) is 3.12. The van der Waals surface area contributed by atoms with Crippen molar-refractivity contribution in [3.63, 3.8) is 0 Å². The Kier molecular flexibility index (Phi) is 3.51. The minimum Gasteiger partial charge on any atom is -0.468 e. The van der Waals surface area contributed by atoms with Crippen LogP contribution in [0.3, 0.4) is 0 Å². The van der Waals surface area contributed by atoms with Gasteiger partial charge in [0, 0.05) is 18.3 Å². The van der Waals surface area contributed by atoms with Crippen LogP contribution in [0.25, 0.3) is 0 Å². The third kappa shape index (κ3) is 2.88. The quantitative estimate of drug-likeness (QED) is 0.459. The molecule has 0 amide bonds. The Morgan fingerprint density at radius 1 is 1.65 bits per heavy atom. The van der Waals surface area contributed by atoms with Crippen LogP contribution in [0.15, 0.2) is 22.2 Å². The average molecular weight is 254 g/mol. The van der Waals surface area contributed by atoms with E-state index in [4.69, 9.17) is 0 Å². The van der Waals surface area contributed by atoms with Gasteiger partial charge in [-0.25, -0.2) is 0 Å². The zero-order valence-electron chi connectivity index (χ0n) is 9.75. The lowest BCUT2D eigenvalue weighted by Crippen LogP contribution is -2.19. The van der Waals surface area contributed by atoms with E-state index in [0.717, 1.165) is 12.8 Å². The number of hydrogen-bond acceptors (Lipinski definition) is 5. The fraction of sp³-hybridized carbons (Fsp3) is 0.545. The van der Waals surface area contributed by atoms with E-state index in [9.17, 15) is 9.59 Å². The molecule has 0 saturated heterocycles. The van der Waals surface area contributed by atoms with Crippen LogP contribution in [0, 0.1) is 0 Å². The highest BCUT2D eigenvalue weighted by atomic mass is 32.2. The Balaban J connectivity index is 2.21. The molecule has 92 valence electrons. The van der Waals surface area contributed by atoms with Crippen LogP contribution in [0.2, 0.25) is 0 Å². The van der Waals surface area contributed by atoms with Crippen molar-refractivity contribution in [2.24, 2.45) is 0 Å². The molecule has 0 aliphatic heterocycles. The molecule has 1 aliphatic rings. The summed E-state index contributed by atoms with van der Waals surface area (Å²) < 4.78 is 6.62. The highest BCUT2D eigenvalue weighted by Crippen LogP contribution is 2.37. The maximum absolute atomic E-state index is 11.3. The fourth-order valence-electron chi connectivity index (χ4n) is 1.49. The molecule has 0 N–H and O–H groups in total. The van der Waals surface area contributed by atoms with E-state index in [1.165, 1.54) is 24.9 Å². The van der Waals surface area contributed by atoms with E-state index in [1.54, 1.807) is 13.1 Å². The van der Waals surface area contributed by atoms with Gasteiger partial charge < -0.3 is 9.30 Å². The monoisotopic (exact) mass is 254 g/mol. The normalized spacial score (nSPS) is 16.6. The Morgan fingerprint density at radius 3 is 2.94 bits per heavy atom. The van der Waals surface area contributed by atoms with Crippen molar-refractivity contribution in [3.8, 4) is 0 Å². The van der Waals surface area contributed by atoms with Gasteiger partial charge in [-0.1, -0.05) is 11.8 Å². The predicted molar refractivity (Wildman–Crippen MR) is 64.1 cm³/mol. The third-order valence-electron chi connectivity index (χ3n) is 2.56. The van der Waals surface area contributed by atoms with Gasteiger partial charge in [0.05, 0.1) is 7.11 Å². The second kappa shape index (κ2) is 4.91. The number of thioether (sulfide) groups is 1. The first kappa shape index (κ1) is 12.2. The molecule has 6 heteroatoms. The summed E-state index contributed by atoms with van der Waals surface area (Å²) >= 11 is 1.26. The maximum Gasteiger partial charge on any atom is 0.318 e. The van der Waals surface area contributed by atoms with Crippen molar-refractivity contribution in [1.82, 2.24) is 9.55 Å². The predicted octanol–water partition coefficient (Wildman–Crippen LogP) is 1.23. The van der Waals surface area contributed by atoms with E-state index >= 15 is 0 Å². The van der Waals surface area contributed by atoms with Gasteiger partial charge in [0.15, 0.2) is 5.16 Å². The third-order valence-corrected chi connectivity index (χ3v) is 3.62. The van der Waals surface area contributed by atoms with Crippen molar-refractivity contribution >= 4 is 17.7 Å². The Labute approximate surface area is 103 Å². The topological polar surface area (TPSA) is 61.2 Å². The Hall–Kier alpha value is -1.30. The number of ether oxygens (including phenoxy) is 1. The Bertz CT molecular complexity index is 482. The second-order valence-corrected chi connectivity index (χ2v) is 5.28. The number of nitrogens with zero attached hydrogens (tertiary/aromatic N) is 2. The summed E-state index contributed by atoms with van der Waals surface area (Å²) in [5, 5.41) is 0.234. The first-order valence-corrected chi connectivity index (χ1v) is 6.33. The SMILES string of the molecule is COC(=O)[C@@H](C)Sc1nc(=O)ccn1C1CC1. The van der Waals surface area contributed by atoms with Crippen molar-refractivity contribution in [2.75, 3.05) is 7.11 Å². The lowest BCUT2D eigenvalue weighted by atomic mass is 10.5. The van der Waals surface area contributed by atoms with Gasteiger partial charge >= 0.3 is 5.97 Å². The van der Waals surface area contributed by atoms with Crippen molar-refractivity contribution < 1.29 is 9.53 Å². The van der Waals surface area contributed by atoms with E-state index in [-0.39, 0.29) is 16.8 Å². The molecule has 2 rings (SSSR count). The van der Waals surface area contributed by atoms with Crippen LogP contribution < -0.4 is 5.56 Å². The zero-order chi connectivity index (χ0) is 12.4. The van der Waals surface area contributed by atoms with Gasteiger partial charge in [0.25, 0.3) is 5.56 Å². The molecule has 1 fully saturated rings. The molecule has 1 aromatic rings. The van der Waals surface area contributed by atoms with Crippen LogP contribution in [0.1, 0.15) is 25.8 Å². The maximum atomic E-state index is 11.3. The molecular weight excluding hydrogens is 240 g/mol. The number of rotatable bonds is 4. The first-order chi connectivity index (χ1) is 8.11. The number of methoxy groups -OCH3 is 1. The summed E-state index contributed by atoms with van der Waals surface area (Å²) in [7, 11) is 1.35. The molecule has 1 aromatic heterocycles. The highest BCUT2D eigenvalue weighted by Gasteiger charge is 2.27. The molecule has 1 heterocycles. The van der Waals surface area contributed by atoms with Gasteiger partial charge in [-0.3, -0.25) is 9.59 Å². The number of carbonyl (C=O) groups is 1. The zero-order valence-corrected chi connectivity index (χ0v) is 10.6. The largest absolute Gasteiger partial charge is 0.468 e. The summed E-state index contributed by atoms with van der Waals surface area (Å²) in [6.45, 7) is 1.74. The molecule has 0 bridgehead atoms. The molecular formula is C11H14N2O3S. The van der Waals surface area contributed by atoms with Crippen LogP contribution in [-0.2, 0) is 9.53 Å². The number of hydrogen-bond donors (Lipinski definition) is 0. The van der Waals surface area contributed by atoms with Crippen LogP contribution in [-0.4, -0.2) is 27.9 Å². The van der Waals surface area contributed by atoms with Crippen molar-refractivity contribution in [2.45, 2.75) is 36.2 Å². The van der Waals surface area contributed by atoms with Gasteiger partial charge in [0.2, 0.25) is 0 Å². The summed E-state index contributed by atoms with van der Waals surface area (Å²) in [4.78, 5) is 26.5. The highest BCUT2D eigenvalue weighted by molar-refractivity contribution is 8.00.